The first-order chi connectivity index (χ1) is 9.22. The quantitative estimate of drug-likeness (QED) is 0.822. The van der Waals surface area contributed by atoms with Gasteiger partial charge in [0.2, 0.25) is 0 Å². The van der Waals surface area contributed by atoms with E-state index in [0.717, 1.165) is 12.1 Å². The van der Waals surface area contributed by atoms with Gasteiger partial charge in [-0.1, -0.05) is 6.07 Å². The lowest BCUT2D eigenvalue weighted by molar-refractivity contribution is 0.0995. The number of nitrogens with two attached hydrogens (primary N) is 1. The first-order valence-corrected chi connectivity index (χ1v) is 6.26. The number of aromatic nitrogens is 3. The van der Waals surface area contributed by atoms with Gasteiger partial charge in [0.15, 0.2) is 5.82 Å². The number of carbonyl (C=O) groups is 1. The summed E-state index contributed by atoms with van der Waals surface area (Å²) in [6.45, 7) is 0.837. The van der Waals surface area contributed by atoms with Crippen molar-refractivity contribution in [1.82, 2.24) is 20.1 Å². The van der Waals surface area contributed by atoms with Crippen molar-refractivity contribution in [3.8, 4) is 5.82 Å². The molecule has 1 aliphatic carbocycles. The molecule has 0 spiro atoms. The first kappa shape index (κ1) is 11.9. The molecule has 2 heterocycles. The average Bonchev–Trinajstić information content (AvgIpc) is 3.11. The predicted octanol–water partition coefficient (Wildman–Crippen LogP) is 0.618. The third-order valence-electron chi connectivity index (χ3n) is 3.06. The molecule has 0 radical (unpaired) electrons. The normalized spacial score (nSPS) is 14.5. The number of hydrogen-bond acceptors (Lipinski definition) is 4. The summed E-state index contributed by atoms with van der Waals surface area (Å²) in [6, 6.07) is 6.14. The maximum absolute atomic E-state index is 11.0. The molecule has 98 valence electrons. The van der Waals surface area contributed by atoms with Gasteiger partial charge in [0.1, 0.15) is 5.69 Å². The molecule has 0 aliphatic heterocycles. The van der Waals surface area contributed by atoms with Gasteiger partial charge in [-0.25, -0.2) is 9.67 Å². The van der Waals surface area contributed by atoms with Crippen LogP contribution < -0.4 is 11.1 Å². The number of pyridine rings is 1. The Morgan fingerprint density at radius 1 is 1.42 bits per heavy atom. The molecule has 3 N–H and O–H groups in total. The fourth-order valence-electron chi connectivity index (χ4n) is 1.79. The first-order valence-electron chi connectivity index (χ1n) is 6.26. The standard InChI is InChI=1S/C13H15N5O/c14-13(19)11-5-6-18(17-11)12-4-1-9(8-16-12)7-15-10-2-3-10/h1,4-6,8,10,15H,2-3,7H2,(H2,14,19). The van der Waals surface area contributed by atoms with Crippen molar-refractivity contribution in [2.75, 3.05) is 0 Å². The van der Waals surface area contributed by atoms with Crippen molar-refractivity contribution in [3.05, 3.63) is 41.9 Å². The van der Waals surface area contributed by atoms with Gasteiger partial charge in [-0.05, 0) is 30.5 Å². The van der Waals surface area contributed by atoms with E-state index in [1.165, 1.54) is 17.5 Å². The molecule has 0 unspecified atom stereocenters. The summed E-state index contributed by atoms with van der Waals surface area (Å²) >= 11 is 0. The summed E-state index contributed by atoms with van der Waals surface area (Å²) in [4.78, 5) is 15.3. The maximum Gasteiger partial charge on any atom is 0.269 e. The van der Waals surface area contributed by atoms with Gasteiger partial charge in [-0.2, -0.15) is 5.10 Å². The molecule has 19 heavy (non-hydrogen) atoms. The largest absolute Gasteiger partial charge is 0.364 e. The Morgan fingerprint density at radius 2 is 2.26 bits per heavy atom. The Kier molecular flexibility index (Phi) is 3.00. The minimum absolute atomic E-state index is 0.237. The van der Waals surface area contributed by atoms with Gasteiger partial charge in [-0.15, -0.1) is 0 Å². The Bertz CT molecular complexity index is 585. The second-order valence-corrected chi connectivity index (χ2v) is 4.69. The number of amides is 1. The van der Waals surface area contributed by atoms with E-state index in [9.17, 15) is 4.79 Å². The molecular formula is C13H15N5O. The van der Waals surface area contributed by atoms with E-state index in [4.69, 9.17) is 5.73 Å². The summed E-state index contributed by atoms with van der Waals surface area (Å²) in [5.74, 6) is 0.131. The third kappa shape index (κ3) is 2.79. The fraction of sp³-hybridized carbons (Fsp3) is 0.308. The van der Waals surface area contributed by atoms with Crippen LogP contribution in [-0.4, -0.2) is 26.7 Å². The molecule has 0 saturated heterocycles. The molecule has 0 aromatic carbocycles. The maximum atomic E-state index is 11.0. The molecule has 1 aliphatic rings. The van der Waals surface area contributed by atoms with E-state index in [0.29, 0.717) is 11.9 Å². The summed E-state index contributed by atoms with van der Waals surface area (Å²) < 4.78 is 1.54. The van der Waals surface area contributed by atoms with Crippen LogP contribution in [0.4, 0.5) is 0 Å². The molecule has 2 aromatic heterocycles. The zero-order valence-corrected chi connectivity index (χ0v) is 10.4. The van der Waals surface area contributed by atoms with Crippen LogP contribution in [0.15, 0.2) is 30.6 Å². The van der Waals surface area contributed by atoms with Crippen LogP contribution in [0.5, 0.6) is 0 Å². The van der Waals surface area contributed by atoms with Crippen LogP contribution in [0.25, 0.3) is 5.82 Å². The zero-order chi connectivity index (χ0) is 13.2. The Labute approximate surface area is 110 Å². The molecule has 1 fully saturated rings. The van der Waals surface area contributed by atoms with Crippen molar-refractivity contribution in [2.45, 2.75) is 25.4 Å². The Morgan fingerprint density at radius 3 is 2.84 bits per heavy atom. The second kappa shape index (κ2) is 4.81. The molecule has 1 amide bonds. The van der Waals surface area contributed by atoms with Crippen LogP contribution in [0, 0.1) is 0 Å². The highest BCUT2D eigenvalue weighted by Gasteiger charge is 2.19. The monoisotopic (exact) mass is 257 g/mol. The molecule has 6 heteroatoms. The summed E-state index contributed by atoms with van der Waals surface area (Å²) in [6.07, 6.45) is 6.03. The van der Waals surface area contributed by atoms with Crippen molar-refractivity contribution in [1.29, 1.82) is 0 Å². The summed E-state index contributed by atoms with van der Waals surface area (Å²) in [5, 5.41) is 7.49. The lowest BCUT2D eigenvalue weighted by Gasteiger charge is -2.04. The molecule has 1 saturated carbocycles. The smallest absolute Gasteiger partial charge is 0.269 e. The molecule has 3 rings (SSSR count). The van der Waals surface area contributed by atoms with E-state index in [1.807, 2.05) is 18.3 Å². The van der Waals surface area contributed by atoms with Gasteiger partial charge in [-0.3, -0.25) is 4.79 Å². The summed E-state index contributed by atoms with van der Waals surface area (Å²) in [7, 11) is 0. The average molecular weight is 257 g/mol. The minimum atomic E-state index is -0.538. The fourth-order valence-corrected chi connectivity index (χ4v) is 1.79. The number of nitrogens with zero attached hydrogens (tertiary/aromatic N) is 3. The minimum Gasteiger partial charge on any atom is -0.364 e. The van der Waals surface area contributed by atoms with Crippen molar-refractivity contribution in [3.63, 3.8) is 0 Å². The zero-order valence-electron chi connectivity index (χ0n) is 10.4. The number of nitrogens with one attached hydrogen (secondary N) is 1. The molecule has 6 nitrogen and oxygen atoms in total. The molecule has 2 aromatic rings. The number of primary amides is 1. The van der Waals surface area contributed by atoms with Crippen LogP contribution in [0.3, 0.4) is 0 Å². The van der Waals surface area contributed by atoms with Gasteiger partial charge in [0.25, 0.3) is 5.91 Å². The van der Waals surface area contributed by atoms with Gasteiger partial charge in [0.05, 0.1) is 0 Å². The highest BCUT2D eigenvalue weighted by atomic mass is 16.1. The van der Waals surface area contributed by atoms with Crippen molar-refractivity contribution in [2.24, 2.45) is 5.73 Å². The highest BCUT2D eigenvalue weighted by Crippen LogP contribution is 2.19. The number of rotatable bonds is 5. The lowest BCUT2D eigenvalue weighted by Crippen LogP contribution is -2.15. The molecule has 0 atom stereocenters. The van der Waals surface area contributed by atoms with E-state index >= 15 is 0 Å². The van der Waals surface area contributed by atoms with Crippen molar-refractivity contribution < 1.29 is 4.79 Å². The van der Waals surface area contributed by atoms with Crippen molar-refractivity contribution >= 4 is 5.91 Å². The van der Waals surface area contributed by atoms with Gasteiger partial charge in [0, 0.05) is 25.0 Å². The van der Waals surface area contributed by atoms with Crippen LogP contribution >= 0.6 is 0 Å². The topological polar surface area (TPSA) is 85.8 Å². The van der Waals surface area contributed by atoms with Gasteiger partial charge >= 0.3 is 0 Å². The number of carbonyl (C=O) groups excluding carboxylic acids is 1. The lowest BCUT2D eigenvalue weighted by atomic mass is 10.3. The summed E-state index contributed by atoms with van der Waals surface area (Å²) in [5.41, 5.74) is 6.53. The van der Waals surface area contributed by atoms with E-state index in [-0.39, 0.29) is 5.69 Å². The Hall–Kier alpha value is -2.21. The molecular weight excluding hydrogens is 242 g/mol. The molecule has 0 bridgehead atoms. The van der Waals surface area contributed by atoms with E-state index < -0.39 is 5.91 Å². The SMILES string of the molecule is NC(=O)c1ccn(-c2ccc(CNC3CC3)cn2)n1. The third-order valence-corrected chi connectivity index (χ3v) is 3.06. The van der Waals surface area contributed by atoms with Crippen LogP contribution in [0.2, 0.25) is 0 Å². The van der Waals surface area contributed by atoms with Crippen LogP contribution in [-0.2, 0) is 6.54 Å². The van der Waals surface area contributed by atoms with Gasteiger partial charge < -0.3 is 11.1 Å². The van der Waals surface area contributed by atoms with E-state index in [2.05, 4.69) is 15.4 Å². The van der Waals surface area contributed by atoms with E-state index in [1.54, 1.807) is 12.3 Å². The second-order valence-electron chi connectivity index (χ2n) is 4.69. The Balaban J connectivity index is 1.71. The highest BCUT2D eigenvalue weighted by molar-refractivity contribution is 5.90. The van der Waals surface area contributed by atoms with Crippen LogP contribution in [0.1, 0.15) is 28.9 Å². The number of hydrogen-bond donors (Lipinski definition) is 2. The predicted molar refractivity (Wildman–Crippen MR) is 69.7 cm³/mol.